The van der Waals surface area contributed by atoms with Gasteiger partial charge in [-0.05, 0) is 36.8 Å². The van der Waals surface area contributed by atoms with E-state index in [1.54, 1.807) is 0 Å². The van der Waals surface area contributed by atoms with Gasteiger partial charge in [-0.15, -0.1) is 0 Å². The summed E-state index contributed by atoms with van der Waals surface area (Å²) in [6.07, 6.45) is 7.53. The second-order valence-corrected chi connectivity index (χ2v) is 4.93. The Morgan fingerprint density at radius 1 is 0.905 bits per heavy atom. The van der Waals surface area contributed by atoms with Crippen LogP contribution in [0.2, 0.25) is 0 Å². The van der Waals surface area contributed by atoms with Crippen molar-refractivity contribution in [1.82, 2.24) is 0 Å². The van der Waals surface area contributed by atoms with Gasteiger partial charge in [0.2, 0.25) is 0 Å². The lowest BCUT2D eigenvalue weighted by Crippen LogP contribution is -1.93. The molecule has 2 nitrogen and oxygen atoms in total. The summed E-state index contributed by atoms with van der Waals surface area (Å²) in [5.74, 6) is 11.1. The standard InChI is InChI=1S/C19H22O2/c20-19(21)17-13-8-6-4-2-1-3-5-7-10-14-18-15-11-9-12-16-18/h9,11-12,15-16H,1-4,6,8,13,17H2,(H,20,21). The van der Waals surface area contributed by atoms with Crippen molar-refractivity contribution in [3.63, 3.8) is 0 Å². The van der Waals surface area contributed by atoms with Crippen LogP contribution in [0.1, 0.15) is 56.9 Å². The molecule has 1 aromatic rings. The van der Waals surface area contributed by atoms with Crippen molar-refractivity contribution < 1.29 is 9.90 Å². The predicted molar refractivity (Wildman–Crippen MR) is 85.7 cm³/mol. The molecule has 0 amide bonds. The van der Waals surface area contributed by atoms with Crippen LogP contribution in [0.5, 0.6) is 0 Å². The first-order valence-corrected chi connectivity index (χ1v) is 7.55. The quantitative estimate of drug-likeness (QED) is 0.572. The summed E-state index contributed by atoms with van der Waals surface area (Å²) in [4.78, 5) is 10.3. The molecule has 0 saturated heterocycles. The Hall–Kier alpha value is -2.19. The van der Waals surface area contributed by atoms with Crippen LogP contribution in [-0.2, 0) is 4.79 Å². The first-order chi connectivity index (χ1) is 10.3. The maximum atomic E-state index is 10.3. The van der Waals surface area contributed by atoms with Crippen LogP contribution in [0.4, 0.5) is 0 Å². The van der Waals surface area contributed by atoms with Crippen molar-refractivity contribution in [2.24, 2.45) is 0 Å². The number of carboxylic acid groups (broad SMARTS) is 1. The summed E-state index contributed by atoms with van der Waals surface area (Å²) >= 11 is 0. The molecule has 1 rings (SSSR count). The molecule has 2 heteroatoms. The highest BCUT2D eigenvalue weighted by atomic mass is 16.4. The maximum absolute atomic E-state index is 10.3. The van der Waals surface area contributed by atoms with E-state index < -0.39 is 5.97 Å². The molecule has 0 fully saturated rings. The minimum atomic E-state index is -0.693. The third kappa shape index (κ3) is 10.3. The Kier molecular flexibility index (Phi) is 9.33. The molecule has 21 heavy (non-hydrogen) atoms. The molecule has 0 unspecified atom stereocenters. The van der Waals surface area contributed by atoms with Gasteiger partial charge in [-0.25, -0.2) is 0 Å². The Balaban J connectivity index is 1.99. The fourth-order valence-corrected chi connectivity index (χ4v) is 1.93. The van der Waals surface area contributed by atoms with Gasteiger partial charge in [-0.2, -0.15) is 0 Å². The highest BCUT2D eigenvalue weighted by Gasteiger charge is 1.95. The molecule has 0 radical (unpaired) electrons. The molecule has 110 valence electrons. The van der Waals surface area contributed by atoms with Crippen molar-refractivity contribution in [1.29, 1.82) is 0 Å². The van der Waals surface area contributed by atoms with Crippen LogP contribution < -0.4 is 0 Å². The lowest BCUT2D eigenvalue weighted by Gasteiger charge is -1.98. The molecule has 0 aromatic heterocycles. The molecule has 0 aliphatic carbocycles. The van der Waals surface area contributed by atoms with Crippen molar-refractivity contribution in [2.75, 3.05) is 0 Å². The van der Waals surface area contributed by atoms with E-state index in [0.717, 1.165) is 50.5 Å². The van der Waals surface area contributed by atoms with E-state index in [-0.39, 0.29) is 0 Å². The lowest BCUT2D eigenvalue weighted by molar-refractivity contribution is -0.137. The highest BCUT2D eigenvalue weighted by molar-refractivity contribution is 5.66. The first kappa shape index (κ1) is 16.9. The van der Waals surface area contributed by atoms with Crippen LogP contribution in [0, 0.1) is 23.7 Å². The first-order valence-electron chi connectivity index (χ1n) is 7.55. The second kappa shape index (κ2) is 11.6. The number of benzene rings is 1. The summed E-state index contributed by atoms with van der Waals surface area (Å²) in [5, 5.41) is 8.50. The molecule has 0 bridgehead atoms. The summed E-state index contributed by atoms with van der Waals surface area (Å²) in [7, 11) is 0. The zero-order valence-corrected chi connectivity index (χ0v) is 12.4. The predicted octanol–water partition coefficient (Wildman–Crippen LogP) is 4.25. The van der Waals surface area contributed by atoms with Crippen LogP contribution in [-0.4, -0.2) is 11.1 Å². The molecule has 0 heterocycles. The number of unbranched alkanes of at least 4 members (excludes halogenated alkanes) is 6. The van der Waals surface area contributed by atoms with Gasteiger partial charge in [0.15, 0.2) is 0 Å². The summed E-state index contributed by atoms with van der Waals surface area (Å²) < 4.78 is 0. The van der Waals surface area contributed by atoms with Gasteiger partial charge in [-0.1, -0.05) is 55.7 Å². The molecule has 0 aliphatic rings. The van der Waals surface area contributed by atoms with E-state index in [1.165, 1.54) is 0 Å². The Morgan fingerprint density at radius 2 is 1.57 bits per heavy atom. The number of rotatable bonds is 8. The molecule has 0 atom stereocenters. The molecule has 0 saturated carbocycles. The second-order valence-electron chi connectivity index (χ2n) is 4.93. The average molecular weight is 282 g/mol. The minimum Gasteiger partial charge on any atom is -0.481 e. The van der Waals surface area contributed by atoms with Gasteiger partial charge < -0.3 is 5.11 Å². The van der Waals surface area contributed by atoms with Gasteiger partial charge >= 0.3 is 5.97 Å². The topological polar surface area (TPSA) is 37.3 Å². The third-order valence-corrected chi connectivity index (χ3v) is 3.07. The van der Waals surface area contributed by atoms with Crippen molar-refractivity contribution >= 4 is 5.97 Å². The highest BCUT2D eigenvalue weighted by Crippen LogP contribution is 2.08. The van der Waals surface area contributed by atoms with Crippen molar-refractivity contribution in [2.45, 2.75) is 51.4 Å². The summed E-state index contributed by atoms with van der Waals surface area (Å²) in [5.41, 5.74) is 0.994. The fourth-order valence-electron chi connectivity index (χ4n) is 1.93. The molecule has 1 N–H and O–H groups in total. The van der Waals surface area contributed by atoms with E-state index in [9.17, 15) is 4.79 Å². The van der Waals surface area contributed by atoms with Gasteiger partial charge in [0, 0.05) is 18.4 Å². The fraction of sp³-hybridized carbons (Fsp3) is 0.421. The van der Waals surface area contributed by atoms with E-state index >= 15 is 0 Å². The molecule has 0 aliphatic heterocycles. The monoisotopic (exact) mass is 282 g/mol. The number of carboxylic acids is 1. The summed E-state index contributed by atoms with van der Waals surface area (Å²) in [6.45, 7) is 0. The largest absolute Gasteiger partial charge is 0.481 e. The van der Waals surface area contributed by atoms with Crippen LogP contribution >= 0.6 is 0 Å². The average Bonchev–Trinajstić information content (AvgIpc) is 2.49. The number of hydrogen-bond donors (Lipinski definition) is 1. The summed E-state index contributed by atoms with van der Waals surface area (Å²) in [6, 6.07) is 9.85. The zero-order chi connectivity index (χ0) is 15.2. The minimum absolute atomic E-state index is 0.297. The van der Waals surface area contributed by atoms with Crippen molar-refractivity contribution in [3.8, 4) is 23.7 Å². The third-order valence-electron chi connectivity index (χ3n) is 3.07. The van der Waals surface area contributed by atoms with Crippen LogP contribution in [0.25, 0.3) is 0 Å². The van der Waals surface area contributed by atoms with Crippen LogP contribution in [0.15, 0.2) is 30.3 Å². The van der Waals surface area contributed by atoms with E-state index in [2.05, 4.69) is 23.7 Å². The SMILES string of the molecule is O=C(O)CCCCCCCCC#CC#Cc1ccccc1. The Bertz CT molecular complexity index is 523. The smallest absolute Gasteiger partial charge is 0.303 e. The van der Waals surface area contributed by atoms with Gasteiger partial charge in [0.05, 0.1) is 0 Å². The maximum Gasteiger partial charge on any atom is 0.303 e. The Morgan fingerprint density at radius 3 is 2.29 bits per heavy atom. The normalized spacial score (nSPS) is 9.14. The van der Waals surface area contributed by atoms with E-state index in [0.29, 0.717) is 6.42 Å². The number of hydrogen-bond acceptors (Lipinski definition) is 1. The molecule has 1 aromatic carbocycles. The lowest BCUT2D eigenvalue weighted by atomic mass is 10.1. The molecular weight excluding hydrogens is 260 g/mol. The zero-order valence-electron chi connectivity index (χ0n) is 12.4. The van der Waals surface area contributed by atoms with Crippen LogP contribution in [0.3, 0.4) is 0 Å². The number of aliphatic carboxylic acids is 1. The van der Waals surface area contributed by atoms with Gasteiger partial charge in [-0.3, -0.25) is 4.79 Å². The Labute approximate surface area is 127 Å². The van der Waals surface area contributed by atoms with Gasteiger partial charge in [0.1, 0.15) is 0 Å². The van der Waals surface area contributed by atoms with Gasteiger partial charge in [0.25, 0.3) is 0 Å². The molecule has 0 spiro atoms. The molecular formula is C19H22O2. The van der Waals surface area contributed by atoms with E-state index in [4.69, 9.17) is 5.11 Å². The van der Waals surface area contributed by atoms with E-state index in [1.807, 2.05) is 30.3 Å². The van der Waals surface area contributed by atoms with Crippen molar-refractivity contribution in [3.05, 3.63) is 35.9 Å². The number of carbonyl (C=O) groups is 1.